The summed E-state index contributed by atoms with van der Waals surface area (Å²) in [5.41, 5.74) is 3.15. The van der Waals surface area contributed by atoms with Crippen LogP contribution in [-0.2, 0) is 0 Å². The highest BCUT2D eigenvalue weighted by atomic mass is 32.1. The molecule has 2 heterocycles. The Morgan fingerprint density at radius 3 is 3.00 bits per heavy atom. The molecule has 0 atom stereocenters. The highest BCUT2D eigenvalue weighted by Crippen LogP contribution is 2.15. The first-order chi connectivity index (χ1) is 9.24. The highest BCUT2D eigenvalue weighted by molar-refractivity contribution is 7.80. The minimum atomic E-state index is 0.570. The Bertz CT molecular complexity index is 497. The van der Waals surface area contributed by atoms with Gasteiger partial charge < -0.3 is 15.2 Å². The lowest BCUT2D eigenvalue weighted by Gasteiger charge is -2.23. The molecule has 1 aliphatic heterocycles. The third kappa shape index (κ3) is 3.30. The maximum Gasteiger partial charge on any atom is 0.183 e. The number of nitrogens with one attached hydrogen (secondary N) is 1. The summed E-state index contributed by atoms with van der Waals surface area (Å²) in [6.07, 6.45) is 2.64. The molecule has 100 valence electrons. The molecule has 2 rings (SSSR count). The Labute approximate surface area is 117 Å². The lowest BCUT2D eigenvalue weighted by molar-refractivity contribution is 0.441. The van der Waals surface area contributed by atoms with Gasteiger partial charge in [0.2, 0.25) is 0 Å². The van der Waals surface area contributed by atoms with Crippen molar-refractivity contribution in [2.75, 3.05) is 31.1 Å². The summed E-state index contributed by atoms with van der Waals surface area (Å²) in [7, 11) is 0. The van der Waals surface area contributed by atoms with Crippen molar-refractivity contribution in [1.29, 1.82) is 5.26 Å². The molecule has 0 aromatic carbocycles. The SMILES string of the molecule is N#Cc1ccnc(N2CCCN(C(=S)NN)CC2)c1. The van der Waals surface area contributed by atoms with Gasteiger partial charge in [0.1, 0.15) is 5.82 Å². The highest BCUT2D eigenvalue weighted by Gasteiger charge is 2.17. The molecule has 1 aliphatic rings. The summed E-state index contributed by atoms with van der Waals surface area (Å²) in [5, 5.41) is 9.49. The van der Waals surface area contributed by atoms with Crippen LogP contribution in [0.25, 0.3) is 0 Å². The molecule has 0 bridgehead atoms. The van der Waals surface area contributed by atoms with Crippen LogP contribution in [0.15, 0.2) is 18.3 Å². The zero-order valence-corrected chi connectivity index (χ0v) is 11.4. The van der Waals surface area contributed by atoms with Crippen molar-refractivity contribution in [3.05, 3.63) is 23.9 Å². The predicted octanol–water partition coefficient (Wildman–Crippen LogP) is 0.214. The summed E-state index contributed by atoms with van der Waals surface area (Å²) >= 11 is 5.14. The molecule has 0 amide bonds. The number of hydrogen-bond acceptors (Lipinski definition) is 5. The van der Waals surface area contributed by atoms with Crippen molar-refractivity contribution in [1.82, 2.24) is 15.3 Å². The van der Waals surface area contributed by atoms with E-state index < -0.39 is 0 Å². The molecule has 1 saturated heterocycles. The number of aromatic nitrogens is 1. The van der Waals surface area contributed by atoms with Gasteiger partial charge in [0.05, 0.1) is 11.6 Å². The van der Waals surface area contributed by atoms with Crippen LogP contribution in [0.1, 0.15) is 12.0 Å². The van der Waals surface area contributed by atoms with Crippen LogP contribution in [0, 0.1) is 11.3 Å². The average Bonchev–Trinajstić information content (AvgIpc) is 2.72. The molecule has 1 fully saturated rings. The zero-order valence-electron chi connectivity index (χ0n) is 10.5. The van der Waals surface area contributed by atoms with E-state index in [2.05, 4.69) is 21.4 Å². The van der Waals surface area contributed by atoms with Gasteiger partial charge in [-0.15, -0.1) is 0 Å². The lowest BCUT2D eigenvalue weighted by Crippen LogP contribution is -2.44. The monoisotopic (exact) mass is 276 g/mol. The number of anilines is 1. The first-order valence-corrected chi connectivity index (χ1v) is 6.52. The Morgan fingerprint density at radius 1 is 1.42 bits per heavy atom. The Balaban J connectivity index is 2.06. The molecule has 0 radical (unpaired) electrons. The molecule has 1 aromatic heterocycles. The molecular weight excluding hydrogens is 260 g/mol. The van der Waals surface area contributed by atoms with Crippen LogP contribution in [0.3, 0.4) is 0 Å². The molecule has 1 aromatic rings. The van der Waals surface area contributed by atoms with Crippen LogP contribution in [-0.4, -0.2) is 41.2 Å². The normalized spacial score (nSPS) is 15.6. The molecule has 7 heteroatoms. The van der Waals surface area contributed by atoms with Gasteiger partial charge in [0, 0.05) is 32.4 Å². The summed E-state index contributed by atoms with van der Waals surface area (Å²) in [6.45, 7) is 3.37. The number of pyridine rings is 1. The van der Waals surface area contributed by atoms with Gasteiger partial charge in [-0.1, -0.05) is 0 Å². The Morgan fingerprint density at radius 2 is 2.26 bits per heavy atom. The largest absolute Gasteiger partial charge is 0.355 e. The van der Waals surface area contributed by atoms with Gasteiger partial charge in [0.25, 0.3) is 0 Å². The van der Waals surface area contributed by atoms with E-state index in [1.54, 1.807) is 12.3 Å². The van der Waals surface area contributed by atoms with Gasteiger partial charge in [-0.2, -0.15) is 5.26 Å². The molecule has 0 saturated carbocycles. The Kier molecular flexibility index (Phi) is 4.49. The summed E-state index contributed by atoms with van der Waals surface area (Å²) in [4.78, 5) is 8.54. The molecule has 0 spiro atoms. The van der Waals surface area contributed by atoms with Crippen LogP contribution in [0.4, 0.5) is 5.82 Å². The predicted molar refractivity (Wildman–Crippen MR) is 77.3 cm³/mol. The van der Waals surface area contributed by atoms with E-state index in [4.69, 9.17) is 23.3 Å². The van der Waals surface area contributed by atoms with Crippen LogP contribution < -0.4 is 16.2 Å². The fraction of sp³-hybridized carbons (Fsp3) is 0.417. The van der Waals surface area contributed by atoms with Crippen molar-refractivity contribution in [3.8, 4) is 6.07 Å². The van der Waals surface area contributed by atoms with E-state index in [1.807, 2.05) is 11.0 Å². The smallest absolute Gasteiger partial charge is 0.183 e. The standard InChI is InChI=1S/C12H16N6S/c13-9-10-2-3-15-11(8-10)17-4-1-5-18(7-6-17)12(19)16-14/h2-3,8H,1,4-7,14H2,(H,16,19). The van der Waals surface area contributed by atoms with Gasteiger partial charge in [-0.05, 0) is 30.8 Å². The van der Waals surface area contributed by atoms with E-state index >= 15 is 0 Å². The first-order valence-electron chi connectivity index (χ1n) is 6.11. The minimum Gasteiger partial charge on any atom is -0.355 e. The van der Waals surface area contributed by atoms with Crippen LogP contribution in [0.5, 0.6) is 0 Å². The number of hydrazine groups is 1. The van der Waals surface area contributed by atoms with Gasteiger partial charge in [0.15, 0.2) is 5.11 Å². The van der Waals surface area contributed by atoms with Gasteiger partial charge in [-0.25, -0.2) is 10.8 Å². The lowest BCUT2D eigenvalue weighted by atomic mass is 10.2. The second kappa shape index (κ2) is 6.31. The van der Waals surface area contributed by atoms with E-state index in [0.717, 1.165) is 38.4 Å². The van der Waals surface area contributed by atoms with E-state index in [0.29, 0.717) is 10.7 Å². The van der Waals surface area contributed by atoms with Gasteiger partial charge >= 0.3 is 0 Å². The third-order valence-corrected chi connectivity index (χ3v) is 3.48. The first kappa shape index (κ1) is 13.5. The molecule has 0 unspecified atom stereocenters. The van der Waals surface area contributed by atoms with Crippen LogP contribution >= 0.6 is 12.2 Å². The maximum atomic E-state index is 8.92. The molecule has 3 N–H and O–H groups in total. The fourth-order valence-electron chi connectivity index (χ4n) is 2.10. The van der Waals surface area contributed by atoms with Crippen molar-refractivity contribution in [2.24, 2.45) is 5.84 Å². The van der Waals surface area contributed by atoms with Crippen molar-refractivity contribution in [2.45, 2.75) is 6.42 Å². The number of thiocarbonyl (C=S) groups is 1. The second-order valence-corrected chi connectivity index (χ2v) is 4.68. The number of nitrogens with two attached hydrogens (primary N) is 1. The van der Waals surface area contributed by atoms with E-state index in [-0.39, 0.29) is 0 Å². The molecule has 19 heavy (non-hydrogen) atoms. The topological polar surface area (TPSA) is 81.2 Å². The summed E-state index contributed by atoms with van der Waals surface area (Å²) in [5.74, 6) is 6.18. The van der Waals surface area contributed by atoms with E-state index in [1.165, 1.54) is 0 Å². The number of rotatable bonds is 1. The maximum absolute atomic E-state index is 8.92. The van der Waals surface area contributed by atoms with Crippen LogP contribution in [0.2, 0.25) is 0 Å². The van der Waals surface area contributed by atoms with Crippen molar-refractivity contribution >= 4 is 23.1 Å². The number of nitriles is 1. The summed E-state index contributed by atoms with van der Waals surface area (Å²) < 4.78 is 0. The van der Waals surface area contributed by atoms with Crippen molar-refractivity contribution < 1.29 is 0 Å². The number of nitrogens with zero attached hydrogens (tertiary/aromatic N) is 4. The number of hydrogen-bond donors (Lipinski definition) is 2. The second-order valence-electron chi connectivity index (χ2n) is 4.29. The Hall–Kier alpha value is -1.91. The zero-order chi connectivity index (χ0) is 13.7. The minimum absolute atomic E-state index is 0.570. The van der Waals surface area contributed by atoms with Gasteiger partial charge in [-0.3, -0.25) is 0 Å². The third-order valence-electron chi connectivity index (χ3n) is 3.11. The van der Waals surface area contributed by atoms with E-state index in [9.17, 15) is 0 Å². The molecule has 0 aliphatic carbocycles. The average molecular weight is 276 g/mol. The summed E-state index contributed by atoms with van der Waals surface area (Å²) in [6, 6.07) is 5.66. The van der Waals surface area contributed by atoms with Crippen molar-refractivity contribution in [3.63, 3.8) is 0 Å². The fourth-order valence-corrected chi connectivity index (χ4v) is 2.28. The molecular formula is C12H16N6S. The quantitative estimate of drug-likeness (QED) is 0.431. The molecule has 6 nitrogen and oxygen atoms in total.